The van der Waals surface area contributed by atoms with Crippen LogP contribution in [0.1, 0.15) is 19.8 Å². The molecule has 0 rings (SSSR count). The van der Waals surface area contributed by atoms with Gasteiger partial charge >= 0.3 is 17.9 Å². The van der Waals surface area contributed by atoms with E-state index < -0.39 is 24.5 Å². The number of methoxy groups -OCH3 is 1. The van der Waals surface area contributed by atoms with Crippen LogP contribution in [0.4, 0.5) is 0 Å². The Labute approximate surface area is 99.5 Å². The minimum atomic E-state index is -0.803. The molecule has 0 aromatic heterocycles. The van der Waals surface area contributed by atoms with E-state index in [4.69, 9.17) is 4.74 Å². The highest BCUT2D eigenvalue weighted by Gasteiger charge is 2.06. The lowest BCUT2D eigenvalue weighted by Gasteiger charge is -2.03. The van der Waals surface area contributed by atoms with Crippen LogP contribution >= 0.6 is 0 Å². The van der Waals surface area contributed by atoms with Gasteiger partial charge in [-0.3, -0.25) is 0 Å². The summed E-state index contributed by atoms with van der Waals surface area (Å²) in [7, 11) is 1.18. The van der Waals surface area contributed by atoms with Crippen LogP contribution in [0.15, 0.2) is 12.2 Å². The maximum Gasteiger partial charge on any atom is 0.344 e. The second-order valence-corrected chi connectivity index (χ2v) is 3.04. The summed E-state index contributed by atoms with van der Waals surface area (Å²) in [5.74, 6) is -2.09. The van der Waals surface area contributed by atoms with Crippen molar-refractivity contribution in [2.75, 3.05) is 20.3 Å². The number of unbranched alkanes of at least 4 members (excludes halogenated alkanes) is 1. The van der Waals surface area contributed by atoms with Crippen molar-refractivity contribution in [1.29, 1.82) is 0 Å². The normalized spacial score (nSPS) is 10.0. The van der Waals surface area contributed by atoms with Gasteiger partial charge in [-0.2, -0.15) is 0 Å². The summed E-state index contributed by atoms with van der Waals surface area (Å²) >= 11 is 0. The Balaban J connectivity index is 3.73. The van der Waals surface area contributed by atoms with Gasteiger partial charge in [0.2, 0.25) is 0 Å². The highest BCUT2D eigenvalue weighted by Crippen LogP contribution is 1.90. The number of hydrogen-bond donors (Lipinski definition) is 0. The van der Waals surface area contributed by atoms with Crippen LogP contribution in [0.25, 0.3) is 0 Å². The van der Waals surface area contributed by atoms with Crippen LogP contribution in [0.2, 0.25) is 0 Å². The first-order chi connectivity index (χ1) is 8.10. The number of rotatable bonds is 7. The van der Waals surface area contributed by atoms with Gasteiger partial charge in [0.05, 0.1) is 13.7 Å². The zero-order valence-corrected chi connectivity index (χ0v) is 9.93. The van der Waals surface area contributed by atoms with Crippen LogP contribution in [0, 0.1) is 0 Å². The van der Waals surface area contributed by atoms with Crippen LogP contribution < -0.4 is 0 Å². The average molecular weight is 244 g/mol. The minimum absolute atomic E-state index is 0.310. The first-order valence-electron chi connectivity index (χ1n) is 5.18. The predicted molar refractivity (Wildman–Crippen MR) is 58.0 cm³/mol. The number of hydrogen-bond acceptors (Lipinski definition) is 6. The molecule has 0 spiro atoms. The Morgan fingerprint density at radius 1 is 1.06 bits per heavy atom. The van der Waals surface area contributed by atoms with Gasteiger partial charge in [-0.05, 0) is 6.42 Å². The van der Waals surface area contributed by atoms with E-state index in [1.165, 1.54) is 7.11 Å². The maximum atomic E-state index is 11.0. The molecule has 0 aromatic rings. The molecule has 0 heterocycles. The third kappa shape index (κ3) is 9.10. The zero-order chi connectivity index (χ0) is 13.1. The molecule has 17 heavy (non-hydrogen) atoms. The molecule has 0 N–H and O–H groups in total. The lowest BCUT2D eigenvalue weighted by molar-refractivity contribution is -0.156. The largest absolute Gasteiger partial charge is 0.466 e. The van der Waals surface area contributed by atoms with Crippen molar-refractivity contribution >= 4 is 17.9 Å². The number of esters is 3. The highest BCUT2D eigenvalue weighted by molar-refractivity contribution is 5.92. The van der Waals surface area contributed by atoms with E-state index in [1.807, 2.05) is 6.92 Å². The third-order valence-corrected chi connectivity index (χ3v) is 1.65. The SMILES string of the molecule is CCCCOC(=O)COC(=O)/C=C/C(=O)OC. The Hall–Kier alpha value is -1.85. The first-order valence-corrected chi connectivity index (χ1v) is 5.18. The van der Waals surface area contributed by atoms with Crippen molar-refractivity contribution in [2.24, 2.45) is 0 Å². The van der Waals surface area contributed by atoms with E-state index in [0.29, 0.717) is 6.61 Å². The molecule has 96 valence electrons. The fraction of sp³-hybridized carbons (Fsp3) is 0.545. The number of ether oxygens (including phenoxy) is 3. The second-order valence-electron chi connectivity index (χ2n) is 3.04. The molecule has 6 nitrogen and oxygen atoms in total. The van der Waals surface area contributed by atoms with Gasteiger partial charge in [-0.1, -0.05) is 13.3 Å². The molecular weight excluding hydrogens is 228 g/mol. The molecule has 0 bridgehead atoms. The van der Waals surface area contributed by atoms with E-state index in [9.17, 15) is 14.4 Å². The fourth-order valence-electron chi connectivity index (χ4n) is 0.754. The van der Waals surface area contributed by atoms with Crippen molar-refractivity contribution < 1.29 is 28.6 Å². The molecular formula is C11H16O6. The molecule has 0 aromatic carbocycles. The van der Waals surface area contributed by atoms with Crippen LogP contribution in [0.3, 0.4) is 0 Å². The monoisotopic (exact) mass is 244 g/mol. The smallest absolute Gasteiger partial charge is 0.344 e. The highest BCUT2D eigenvalue weighted by atomic mass is 16.6. The fourth-order valence-corrected chi connectivity index (χ4v) is 0.754. The van der Waals surface area contributed by atoms with Gasteiger partial charge in [-0.25, -0.2) is 14.4 Å². The van der Waals surface area contributed by atoms with Crippen molar-refractivity contribution in [3.63, 3.8) is 0 Å². The Kier molecular flexibility index (Phi) is 8.36. The van der Waals surface area contributed by atoms with Gasteiger partial charge in [0, 0.05) is 12.2 Å². The molecule has 0 saturated heterocycles. The molecule has 0 atom stereocenters. The molecule has 0 aliphatic heterocycles. The van der Waals surface area contributed by atoms with Crippen molar-refractivity contribution in [1.82, 2.24) is 0 Å². The minimum Gasteiger partial charge on any atom is -0.466 e. The predicted octanol–water partition coefficient (Wildman–Crippen LogP) is 0.602. The molecule has 0 saturated carbocycles. The summed E-state index contributed by atoms with van der Waals surface area (Å²) in [6.07, 6.45) is 3.47. The summed E-state index contributed by atoms with van der Waals surface area (Å²) in [4.78, 5) is 32.6. The second kappa shape index (κ2) is 9.38. The lowest BCUT2D eigenvalue weighted by Crippen LogP contribution is -2.16. The topological polar surface area (TPSA) is 78.9 Å². The van der Waals surface area contributed by atoms with E-state index >= 15 is 0 Å². The molecule has 6 heteroatoms. The van der Waals surface area contributed by atoms with E-state index in [0.717, 1.165) is 25.0 Å². The summed E-state index contributed by atoms with van der Waals surface area (Å²) in [6, 6.07) is 0. The molecule has 0 amide bonds. The Morgan fingerprint density at radius 2 is 1.71 bits per heavy atom. The van der Waals surface area contributed by atoms with Gasteiger partial charge in [-0.15, -0.1) is 0 Å². The van der Waals surface area contributed by atoms with Crippen LogP contribution in [0.5, 0.6) is 0 Å². The molecule has 0 radical (unpaired) electrons. The van der Waals surface area contributed by atoms with Gasteiger partial charge in [0.15, 0.2) is 6.61 Å². The quantitative estimate of drug-likeness (QED) is 0.282. The summed E-state index contributed by atoms with van der Waals surface area (Å²) in [5.41, 5.74) is 0. The number of carbonyl (C=O) groups excluding carboxylic acids is 3. The van der Waals surface area contributed by atoms with Gasteiger partial charge < -0.3 is 14.2 Å². The van der Waals surface area contributed by atoms with Crippen molar-refractivity contribution in [3.8, 4) is 0 Å². The maximum absolute atomic E-state index is 11.0. The van der Waals surface area contributed by atoms with Gasteiger partial charge in [0.1, 0.15) is 0 Å². The summed E-state index contributed by atoms with van der Waals surface area (Å²) in [5, 5.41) is 0. The molecule has 0 unspecified atom stereocenters. The van der Waals surface area contributed by atoms with Crippen LogP contribution in [-0.4, -0.2) is 38.2 Å². The van der Waals surface area contributed by atoms with Crippen molar-refractivity contribution in [3.05, 3.63) is 12.2 Å². The molecule has 0 aliphatic rings. The Bertz CT molecular complexity index is 294. The van der Waals surface area contributed by atoms with E-state index in [-0.39, 0.29) is 0 Å². The number of carbonyl (C=O) groups is 3. The summed E-state index contributed by atoms with van der Waals surface area (Å²) < 4.78 is 13.5. The van der Waals surface area contributed by atoms with Crippen molar-refractivity contribution in [2.45, 2.75) is 19.8 Å². The van der Waals surface area contributed by atoms with Crippen LogP contribution in [-0.2, 0) is 28.6 Å². The first kappa shape index (κ1) is 15.2. The average Bonchev–Trinajstić information content (AvgIpc) is 2.33. The van der Waals surface area contributed by atoms with E-state index in [2.05, 4.69) is 9.47 Å². The van der Waals surface area contributed by atoms with E-state index in [1.54, 1.807) is 0 Å². The van der Waals surface area contributed by atoms with Gasteiger partial charge in [0.25, 0.3) is 0 Å². The third-order valence-electron chi connectivity index (χ3n) is 1.65. The molecule has 0 fully saturated rings. The molecule has 0 aliphatic carbocycles. The lowest BCUT2D eigenvalue weighted by atomic mass is 10.4. The standard InChI is InChI=1S/C11H16O6/c1-3-4-7-16-11(14)8-17-10(13)6-5-9(12)15-2/h5-6H,3-4,7-8H2,1-2H3/b6-5+. The Morgan fingerprint density at radius 3 is 2.29 bits per heavy atom. The zero-order valence-electron chi connectivity index (χ0n) is 9.93. The summed E-state index contributed by atoms with van der Waals surface area (Å²) in [6.45, 7) is 1.81.